The Bertz CT molecular complexity index is 489. The fourth-order valence-electron chi connectivity index (χ4n) is 1.43. The van der Waals surface area contributed by atoms with Crippen LogP contribution in [0, 0.1) is 5.92 Å². The van der Waals surface area contributed by atoms with Crippen LogP contribution in [-0.4, -0.2) is 24.9 Å². The van der Waals surface area contributed by atoms with Crippen molar-refractivity contribution in [3.8, 4) is 0 Å². The molecule has 1 atom stereocenters. The maximum absolute atomic E-state index is 11.9. The molecule has 0 spiro atoms. The number of hydrogen-bond acceptors (Lipinski definition) is 3. The highest BCUT2D eigenvalue weighted by atomic mass is 35.5. The first-order valence-electron chi connectivity index (χ1n) is 5.95. The van der Waals surface area contributed by atoms with Crippen molar-refractivity contribution in [2.75, 3.05) is 12.4 Å². The molecule has 19 heavy (non-hydrogen) atoms. The molecule has 6 heteroatoms. The van der Waals surface area contributed by atoms with Gasteiger partial charge in [-0.05, 0) is 24.1 Å². The minimum atomic E-state index is -0.625. The topological polar surface area (TPSA) is 84.2 Å². The smallest absolute Gasteiger partial charge is 0.251 e. The van der Waals surface area contributed by atoms with Gasteiger partial charge < -0.3 is 16.4 Å². The monoisotopic (exact) mass is 283 g/mol. The SMILES string of the molecule is CNC(=O)c1ccc(Cl)c(NC(=O)[C@@H](N)C(C)C)c1. The molecule has 0 aliphatic heterocycles. The zero-order valence-corrected chi connectivity index (χ0v) is 11.9. The normalized spacial score (nSPS) is 12.1. The Morgan fingerprint density at radius 3 is 2.47 bits per heavy atom. The average Bonchev–Trinajstić information content (AvgIpc) is 2.39. The van der Waals surface area contributed by atoms with Crippen LogP contribution in [0.3, 0.4) is 0 Å². The van der Waals surface area contributed by atoms with E-state index in [1.165, 1.54) is 13.1 Å². The first kappa shape index (κ1) is 15.5. The number of carbonyl (C=O) groups is 2. The summed E-state index contributed by atoms with van der Waals surface area (Å²) in [6.07, 6.45) is 0. The van der Waals surface area contributed by atoms with E-state index in [1.807, 2.05) is 13.8 Å². The summed E-state index contributed by atoms with van der Waals surface area (Å²) in [6, 6.07) is 4.04. The standard InChI is InChI=1S/C13H18ClN3O2/c1-7(2)11(15)13(19)17-10-6-8(12(18)16-3)4-5-9(10)14/h4-7,11H,15H2,1-3H3,(H,16,18)(H,17,19)/t11-/m0/s1. The van der Waals surface area contributed by atoms with E-state index >= 15 is 0 Å². The highest BCUT2D eigenvalue weighted by Gasteiger charge is 2.18. The van der Waals surface area contributed by atoms with Gasteiger partial charge in [0.15, 0.2) is 0 Å². The number of carbonyl (C=O) groups excluding carboxylic acids is 2. The Hall–Kier alpha value is -1.59. The van der Waals surface area contributed by atoms with Gasteiger partial charge in [0.05, 0.1) is 16.8 Å². The zero-order chi connectivity index (χ0) is 14.6. The van der Waals surface area contributed by atoms with Gasteiger partial charge in [-0.1, -0.05) is 25.4 Å². The van der Waals surface area contributed by atoms with Gasteiger partial charge >= 0.3 is 0 Å². The Kier molecular flexibility index (Phi) is 5.32. The van der Waals surface area contributed by atoms with Gasteiger partial charge in [-0.25, -0.2) is 0 Å². The molecule has 1 aromatic rings. The second-order valence-electron chi connectivity index (χ2n) is 4.53. The van der Waals surface area contributed by atoms with Crippen LogP contribution >= 0.6 is 11.6 Å². The predicted octanol–water partition coefficient (Wildman–Crippen LogP) is 1.62. The number of anilines is 1. The van der Waals surface area contributed by atoms with Crippen molar-refractivity contribution in [1.29, 1.82) is 0 Å². The van der Waals surface area contributed by atoms with E-state index in [-0.39, 0.29) is 17.7 Å². The molecular weight excluding hydrogens is 266 g/mol. The van der Waals surface area contributed by atoms with E-state index in [9.17, 15) is 9.59 Å². The van der Waals surface area contributed by atoms with Crippen LogP contribution in [0.25, 0.3) is 0 Å². The second kappa shape index (κ2) is 6.54. The summed E-state index contributed by atoms with van der Waals surface area (Å²) in [6.45, 7) is 3.71. The maximum Gasteiger partial charge on any atom is 0.251 e. The van der Waals surface area contributed by atoms with Crippen LogP contribution in [-0.2, 0) is 4.79 Å². The predicted molar refractivity (Wildman–Crippen MR) is 76.3 cm³/mol. The van der Waals surface area contributed by atoms with Crippen LogP contribution in [0.1, 0.15) is 24.2 Å². The van der Waals surface area contributed by atoms with Crippen molar-refractivity contribution in [2.45, 2.75) is 19.9 Å². The molecule has 104 valence electrons. The first-order chi connectivity index (χ1) is 8.86. The summed E-state index contributed by atoms with van der Waals surface area (Å²) in [5.74, 6) is -0.563. The number of nitrogens with two attached hydrogens (primary N) is 1. The molecule has 2 amide bonds. The fraction of sp³-hybridized carbons (Fsp3) is 0.385. The van der Waals surface area contributed by atoms with Crippen LogP contribution < -0.4 is 16.4 Å². The lowest BCUT2D eigenvalue weighted by molar-refractivity contribution is -0.118. The number of benzene rings is 1. The van der Waals surface area contributed by atoms with Crippen molar-refractivity contribution in [3.63, 3.8) is 0 Å². The lowest BCUT2D eigenvalue weighted by Gasteiger charge is -2.16. The molecule has 0 bridgehead atoms. The minimum absolute atomic E-state index is 0.0147. The van der Waals surface area contributed by atoms with Crippen molar-refractivity contribution in [2.24, 2.45) is 11.7 Å². The third kappa shape index (κ3) is 3.94. The van der Waals surface area contributed by atoms with Crippen molar-refractivity contribution >= 4 is 29.1 Å². The molecule has 0 fully saturated rings. The lowest BCUT2D eigenvalue weighted by Crippen LogP contribution is -2.39. The number of halogens is 1. The quantitative estimate of drug-likeness (QED) is 0.785. The van der Waals surface area contributed by atoms with Gasteiger partial charge in [-0.2, -0.15) is 0 Å². The summed E-state index contributed by atoms with van der Waals surface area (Å²) in [4.78, 5) is 23.4. The third-order valence-electron chi connectivity index (χ3n) is 2.73. The molecule has 0 saturated heterocycles. The van der Waals surface area contributed by atoms with Gasteiger partial charge in [0.1, 0.15) is 0 Å². The Morgan fingerprint density at radius 1 is 1.32 bits per heavy atom. The number of hydrogen-bond donors (Lipinski definition) is 3. The molecule has 1 aromatic carbocycles. The molecule has 0 heterocycles. The highest BCUT2D eigenvalue weighted by Crippen LogP contribution is 2.23. The summed E-state index contributed by atoms with van der Waals surface area (Å²) in [7, 11) is 1.53. The summed E-state index contributed by atoms with van der Waals surface area (Å²) in [5, 5.41) is 5.50. The maximum atomic E-state index is 11.9. The van der Waals surface area contributed by atoms with Crippen molar-refractivity contribution in [1.82, 2.24) is 5.32 Å². The van der Waals surface area contributed by atoms with E-state index in [0.29, 0.717) is 16.3 Å². The average molecular weight is 284 g/mol. The number of nitrogens with one attached hydrogen (secondary N) is 2. The van der Waals surface area contributed by atoms with Crippen LogP contribution in [0.5, 0.6) is 0 Å². The molecular formula is C13H18ClN3O2. The van der Waals surface area contributed by atoms with Gasteiger partial charge in [0, 0.05) is 12.6 Å². The van der Waals surface area contributed by atoms with Gasteiger partial charge in [0.2, 0.25) is 5.91 Å². The Morgan fingerprint density at radius 2 is 1.95 bits per heavy atom. The van der Waals surface area contributed by atoms with E-state index in [2.05, 4.69) is 10.6 Å². The summed E-state index contributed by atoms with van der Waals surface area (Å²) >= 11 is 5.99. The van der Waals surface area contributed by atoms with E-state index in [4.69, 9.17) is 17.3 Å². The second-order valence-corrected chi connectivity index (χ2v) is 4.94. The van der Waals surface area contributed by atoms with E-state index in [0.717, 1.165) is 0 Å². The minimum Gasteiger partial charge on any atom is -0.355 e. The molecule has 1 rings (SSSR count). The molecule has 0 radical (unpaired) electrons. The van der Waals surface area contributed by atoms with Gasteiger partial charge in [-0.15, -0.1) is 0 Å². The fourth-order valence-corrected chi connectivity index (χ4v) is 1.59. The molecule has 4 N–H and O–H groups in total. The number of amides is 2. The first-order valence-corrected chi connectivity index (χ1v) is 6.32. The third-order valence-corrected chi connectivity index (χ3v) is 3.06. The highest BCUT2D eigenvalue weighted by molar-refractivity contribution is 6.34. The molecule has 0 saturated carbocycles. The molecule has 0 aliphatic rings. The molecule has 0 aliphatic carbocycles. The Balaban J connectivity index is 2.94. The van der Waals surface area contributed by atoms with E-state index < -0.39 is 6.04 Å². The number of rotatable bonds is 4. The van der Waals surface area contributed by atoms with Crippen LogP contribution in [0.2, 0.25) is 5.02 Å². The van der Waals surface area contributed by atoms with E-state index in [1.54, 1.807) is 12.1 Å². The molecule has 0 aromatic heterocycles. The van der Waals surface area contributed by atoms with Crippen LogP contribution in [0.4, 0.5) is 5.69 Å². The molecule has 5 nitrogen and oxygen atoms in total. The van der Waals surface area contributed by atoms with Gasteiger partial charge in [-0.3, -0.25) is 9.59 Å². The summed E-state index contributed by atoms with van der Waals surface area (Å²) < 4.78 is 0. The summed E-state index contributed by atoms with van der Waals surface area (Å²) in [5.41, 5.74) is 6.54. The van der Waals surface area contributed by atoms with Crippen molar-refractivity contribution in [3.05, 3.63) is 28.8 Å². The lowest BCUT2D eigenvalue weighted by atomic mass is 10.0. The largest absolute Gasteiger partial charge is 0.355 e. The Labute approximate surface area is 117 Å². The van der Waals surface area contributed by atoms with Crippen LogP contribution in [0.15, 0.2) is 18.2 Å². The van der Waals surface area contributed by atoms with Gasteiger partial charge in [0.25, 0.3) is 5.91 Å². The van der Waals surface area contributed by atoms with Crippen molar-refractivity contribution < 1.29 is 9.59 Å². The molecule has 0 unspecified atom stereocenters. The zero-order valence-electron chi connectivity index (χ0n) is 11.2.